The van der Waals surface area contributed by atoms with Crippen molar-refractivity contribution in [3.8, 4) is 11.5 Å². The number of hydrogen-bond acceptors (Lipinski definition) is 4. The van der Waals surface area contributed by atoms with Gasteiger partial charge in [-0.15, -0.1) is 0 Å². The van der Waals surface area contributed by atoms with Crippen molar-refractivity contribution >= 4 is 11.6 Å². The van der Waals surface area contributed by atoms with Crippen LogP contribution in [0.15, 0.2) is 18.2 Å². The lowest BCUT2D eigenvalue weighted by Gasteiger charge is -2.19. The molecule has 0 radical (unpaired) electrons. The van der Waals surface area contributed by atoms with Crippen LogP contribution in [-0.2, 0) is 4.79 Å². The van der Waals surface area contributed by atoms with Gasteiger partial charge in [0.2, 0.25) is 5.91 Å². The number of ether oxygens (including phenoxy) is 2. The van der Waals surface area contributed by atoms with Gasteiger partial charge in [-0.05, 0) is 26.0 Å². The quantitative estimate of drug-likeness (QED) is 0.863. The average Bonchev–Trinajstić information content (AvgIpc) is 2.82. The summed E-state index contributed by atoms with van der Waals surface area (Å²) in [5.41, 5.74) is 0.790. The third-order valence-electron chi connectivity index (χ3n) is 3.30. The standard InChI is InChI=1S/C15H21NO4/c1-3-19-13-6-5-12(8-14(13)20-4-2)16-9-11(10-17)7-15(16)18/h5-6,8,11,17H,3-4,7,9-10H2,1-2H3. The molecule has 2 rings (SSSR count). The van der Waals surface area contributed by atoms with Crippen molar-refractivity contribution in [1.82, 2.24) is 0 Å². The molecule has 20 heavy (non-hydrogen) atoms. The Morgan fingerprint density at radius 2 is 1.95 bits per heavy atom. The minimum absolute atomic E-state index is 0.0182. The molecule has 1 saturated heterocycles. The van der Waals surface area contributed by atoms with E-state index in [0.29, 0.717) is 37.7 Å². The van der Waals surface area contributed by atoms with Crippen LogP contribution in [0.1, 0.15) is 20.3 Å². The minimum atomic E-state index is 0.0182. The molecule has 1 aromatic carbocycles. The number of amides is 1. The minimum Gasteiger partial charge on any atom is -0.490 e. The van der Waals surface area contributed by atoms with Gasteiger partial charge in [0.15, 0.2) is 11.5 Å². The Hall–Kier alpha value is -1.75. The molecule has 1 atom stereocenters. The van der Waals surface area contributed by atoms with Gasteiger partial charge in [0.1, 0.15) is 0 Å². The number of carbonyl (C=O) groups is 1. The smallest absolute Gasteiger partial charge is 0.227 e. The summed E-state index contributed by atoms with van der Waals surface area (Å²) < 4.78 is 11.1. The van der Waals surface area contributed by atoms with E-state index >= 15 is 0 Å². The van der Waals surface area contributed by atoms with Crippen molar-refractivity contribution in [2.75, 3.05) is 31.3 Å². The number of carbonyl (C=O) groups excluding carboxylic acids is 1. The van der Waals surface area contributed by atoms with Crippen molar-refractivity contribution in [1.29, 1.82) is 0 Å². The number of anilines is 1. The first-order valence-electron chi connectivity index (χ1n) is 7.00. The summed E-state index contributed by atoms with van der Waals surface area (Å²) >= 11 is 0. The molecule has 5 heteroatoms. The molecule has 0 aromatic heterocycles. The van der Waals surface area contributed by atoms with Gasteiger partial charge < -0.3 is 19.5 Å². The summed E-state index contributed by atoms with van der Waals surface area (Å²) in [5.74, 6) is 1.39. The number of hydrogen-bond donors (Lipinski definition) is 1. The van der Waals surface area contributed by atoms with Crippen LogP contribution in [0.3, 0.4) is 0 Å². The van der Waals surface area contributed by atoms with E-state index < -0.39 is 0 Å². The zero-order chi connectivity index (χ0) is 14.5. The van der Waals surface area contributed by atoms with Crippen LogP contribution < -0.4 is 14.4 Å². The maximum atomic E-state index is 12.0. The molecule has 110 valence electrons. The highest BCUT2D eigenvalue weighted by atomic mass is 16.5. The first-order valence-corrected chi connectivity index (χ1v) is 7.00. The van der Waals surface area contributed by atoms with Gasteiger partial charge in [0.25, 0.3) is 0 Å². The molecule has 0 bridgehead atoms. The van der Waals surface area contributed by atoms with Crippen molar-refractivity contribution < 1.29 is 19.4 Å². The largest absolute Gasteiger partial charge is 0.490 e. The second-order valence-electron chi connectivity index (χ2n) is 4.75. The molecule has 0 spiro atoms. The summed E-state index contributed by atoms with van der Waals surface area (Å²) in [6, 6.07) is 5.50. The van der Waals surface area contributed by atoms with Crippen LogP contribution in [-0.4, -0.2) is 37.4 Å². The van der Waals surface area contributed by atoms with Crippen molar-refractivity contribution in [3.63, 3.8) is 0 Å². The van der Waals surface area contributed by atoms with Gasteiger partial charge >= 0.3 is 0 Å². The molecule has 1 aliphatic rings. The summed E-state index contributed by atoms with van der Waals surface area (Å²) in [4.78, 5) is 13.7. The highest BCUT2D eigenvalue weighted by Gasteiger charge is 2.30. The fourth-order valence-corrected chi connectivity index (χ4v) is 2.36. The van der Waals surface area contributed by atoms with E-state index in [1.807, 2.05) is 32.0 Å². The van der Waals surface area contributed by atoms with Crippen molar-refractivity contribution in [2.24, 2.45) is 5.92 Å². The number of aliphatic hydroxyl groups is 1. The van der Waals surface area contributed by atoms with Crippen LogP contribution in [0.25, 0.3) is 0 Å². The lowest BCUT2D eigenvalue weighted by molar-refractivity contribution is -0.117. The number of aliphatic hydroxyl groups excluding tert-OH is 1. The third-order valence-corrected chi connectivity index (χ3v) is 3.30. The summed E-state index contributed by atoms with van der Waals surface area (Å²) in [7, 11) is 0. The van der Waals surface area contributed by atoms with Gasteiger partial charge in [-0.1, -0.05) is 0 Å². The third kappa shape index (κ3) is 3.04. The van der Waals surface area contributed by atoms with Gasteiger partial charge in [-0.25, -0.2) is 0 Å². The second-order valence-corrected chi connectivity index (χ2v) is 4.75. The van der Waals surface area contributed by atoms with Gasteiger partial charge in [-0.2, -0.15) is 0 Å². The number of benzene rings is 1. The lowest BCUT2D eigenvalue weighted by atomic mass is 10.1. The Bertz CT molecular complexity index is 475. The molecular weight excluding hydrogens is 258 g/mol. The van der Waals surface area contributed by atoms with E-state index in [9.17, 15) is 9.90 Å². The van der Waals surface area contributed by atoms with E-state index in [1.54, 1.807) is 4.90 Å². The second kappa shape index (κ2) is 6.61. The Morgan fingerprint density at radius 3 is 2.55 bits per heavy atom. The molecule has 1 aliphatic heterocycles. The molecule has 1 heterocycles. The topological polar surface area (TPSA) is 59.0 Å². The highest BCUT2D eigenvalue weighted by molar-refractivity contribution is 5.96. The summed E-state index contributed by atoms with van der Waals surface area (Å²) in [6.45, 7) is 5.52. The number of rotatable bonds is 6. The van der Waals surface area contributed by atoms with Crippen molar-refractivity contribution in [2.45, 2.75) is 20.3 Å². The van der Waals surface area contributed by atoms with Crippen LogP contribution in [0.4, 0.5) is 5.69 Å². The Morgan fingerprint density at radius 1 is 1.25 bits per heavy atom. The molecule has 0 saturated carbocycles. The van der Waals surface area contributed by atoms with E-state index in [0.717, 1.165) is 5.69 Å². The molecule has 0 aliphatic carbocycles. The van der Waals surface area contributed by atoms with E-state index in [-0.39, 0.29) is 18.4 Å². The fourth-order valence-electron chi connectivity index (χ4n) is 2.36. The Balaban J connectivity index is 2.24. The lowest BCUT2D eigenvalue weighted by Crippen LogP contribution is -2.24. The first kappa shape index (κ1) is 14.7. The SMILES string of the molecule is CCOc1ccc(N2CC(CO)CC2=O)cc1OCC. The maximum absolute atomic E-state index is 12.0. The Labute approximate surface area is 119 Å². The molecule has 1 aromatic rings. The van der Waals surface area contributed by atoms with Crippen LogP contribution >= 0.6 is 0 Å². The first-order chi connectivity index (χ1) is 9.69. The monoisotopic (exact) mass is 279 g/mol. The van der Waals surface area contributed by atoms with Gasteiger partial charge in [-0.3, -0.25) is 4.79 Å². The molecule has 1 N–H and O–H groups in total. The number of nitrogens with zero attached hydrogens (tertiary/aromatic N) is 1. The average molecular weight is 279 g/mol. The highest BCUT2D eigenvalue weighted by Crippen LogP contribution is 2.34. The van der Waals surface area contributed by atoms with Crippen LogP contribution in [0, 0.1) is 5.92 Å². The van der Waals surface area contributed by atoms with Crippen molar-refractivity contribution in [3.05, 3.63) is 18.2 Å². The normalized spacial score (nSPS) is 18.4. The maximum Gasteiger partial charge on any atom is 0.227 e. The summed E-state index contributed by atoms with van der Waals surface area (Å²) in [5, 5.41) is 9.18. The molecule has 1 fully saturated rings. The van der Waals surface area contributed by atoms with E-state index in [2.05, 4.69) is 0 Å². The molecule has 1 unspecified atom stereocenters. The molecule has 5 nitrogen and oxygen atoms in total. The van der Waals surface area contributed by atoms with Gasteiger partial charge in [0, 0.05) is 37.2 Å². The predicted octanol–water partition coefficient (Wildman–Crippen LogP) is 1.83. The van der Waals surface area contributed by atoms with E-state index in [4.69, 9.17) is 9.47 Å². The van der Waals surface area contributed by atoms with E-state index in [1.165, 1.54) is 0 Å². The zero-order valence-electron chi connectivity index (χ0n) is 12.0. The summed E-state index contributed by atoms with van der Waals surface area (Å²) in [6.07, 6.45) is 0.397. The van der Waals surface area contributed by atoms with Crippen LogP contribution in [0.2, 0.25) is 0 Å². The fraction of sp³-hybridized carbons (Fsp3) is 0.533. The van der Waals surface area contributed by atoms with Gasteiger partial charge in [0.05, 0.1) is 13.2 Å². The van der Waals surface area contributed by atoms with Crippen LogP contribution in [0.5, 0.6) is 11.5 Å². The predicted molar refractivity (Wildman–Crippen MR) is 76.3 cm³/mol. The zero-order valence-corrected chi connectivity index (χ0v) is 12.0. The molecular formula is C15H21NO4. The molecule has 1 amide bonds. The Kier molecular flexibility index (Phi) is 4.84.